The molecule has 0 spiro atoms. The Morgan fingerprint density at radius 3 is 2.95 bits per heavy atom. The minimum absolute atomic E-state index is 0.310. The quantitative estimate of drug-likeness (QED) is 0.825. The van der Waals surface area contributed by atoms with Gasteiger partial charge in [-0.25, -0.2) is 0 Å². The Morgan fingerprint density at radius 2 is 2.37 bits per heavy atom. The number of hydrogen-bond donors (Lipinski definition) is 2. The summed E-state index contributed by atoms with van der Waals surface area (Å²) in [6.45, 7) is 0. The summed E-state index contributed by atoms with van der Waals surface area (Å²) in [6, 6.07) is 6.42. The van der Waals surface area contributed by atoms with Crippen LogP contribution in [0, 0.1) is 11.3 Å². The van der Waals surface area contributed by atoms with Crippen molar-refractivity contribution in [3.05, 3.63) is 23.8 Å². The molecule has 19 heavy (non-hydrogen) atoms. The number of anilines is 1. The van der Waals surface area contributed by atoms with Crippen molar-refractivity contribution in [3.63, 3.8) is 0 Å². The molecule has 0 fully saturated rings. The molecule has 102 valence electrons. The Labute approximate surface area is 117 Å². The smallest absolute Gasteiger partial charge is 0.241 e. The van der Waals surface area contributed by atoms with Gasteiger partial charge in [0, 0.05) is 0 Å². The number of ether oxygens (including phenoxy) is 1. The van der Waals surface area contributed by atoms with E-state index in [1.807, 2.05) is 12.3 Å². The van der Waals surface area contributed by atoms with Gasteiger partial charge in [0.1, 0.15) is 17.5 Å². The molecule has 0 radical (unpaired) electrons. The maximum absolute atomic E-state index is 11.9. The highest BCUT2D eigenvalue weighted by atomic mass is 32.2. The lowest BCUT2D eigenvalue weighted by Gasteiger charge is -2.15. The van der Waals surface area contributed by atoms with E-state index in [9.17, 15) is 4.79 Å². The molecule has 0 saturated heterocycles. The molecule has 0 aliphatic rings. The van der Waals surface area contributed by atoms with Gasteiger partial charge in [-0.15, -0.1) is 0 Å². The first-order valence-electron chi connectivity index (χ1n) is 5.76. The number of nitrogens with two attached hydrogens (primary N) is 1. The minimum atomic E-state index is -0.594. The molecule has 0 bridgehead atoms. The second-order valence-electron chi connectivity index (χ2n) is 3.87. The maximum atomic E-state index is 11.9. The van der Waals surface area contributed by atoms with E-state index in [1.165, 1.54) is 7.11 Å². The fraction of sp³-hybridized carbons (Fsp3) is 0.385. The van der Waals surface area contributed by atoms with Crippen LogP contribution in [0.5, 0.6) is 5.75 Å². The highest BCUT2D eigenvalue weighted by molar-refractivity contribution is 7.98. The Morgan fingerprint density at radius 1 is 1.63 bits per heavy atom. The molecular formula is C13H17N3O2S. The largest absolute Gasteiger partial charge is 0.495 e. The summed E-state index contributed by atoms with van der Waals surface area (Å²) in [5, 5.41) is 11.7. The van der Waals surface area contributed by atoms with Crippen LogP contribution in [0.2, 0.25) is 0 Å². The average molecular weight is 279 g/mol. The number of benzene rings is 1. The molecule has 1 rings (SSSR count). The third-order valence-electron chi connectivity index (χ3n) is 2.58. The van der Waals surface area contributed by atoms with Crippen molar-refractivity contribution in [2.45, 2.75) is 12.5 Å². The van der Waals surface area contributed by atoms with Gasteiger partial charge >= 0.3 is 0 Å². The second kappa shape index (κ2) is 7.67. The van der Waals surface area contributed by atoms with Crippen molar-refractivity contribution in [2.75, 3.05) is 24.4 Å². The Balaban J connectivity index is 2.87. The predicted molar refractivity (Wildman–Crippen MR) is 77.3 cm³/mol. The fourth-order valence-electron chi connectivity index (χ4n) is 1.52. The van der Waals surface area contributed by atoms with Crippen molar-refractivity contribution >= 4 is 23.4 Å². The summed E-state index contributed by atoms with van der Waals surface area (Å²) < 4.78 is 5.14. The van der Waals surface area contributed by atoms with Gasteiger partial charge < -0.3 is 15.8 Å². The van der Waals surface area contributed by atoms with Gasteiger partial charge in [0.15, 0.2) is 0 Å². The van der Waals surface area contributed by atoms with Gasteiger partial charge in [0.05, 0.1) is 18.7 Å². The summed E-state index contributed by atoms with van der Waals surface area (Å²) in [4.78, 5) is 11.9. The normalized spacial score (nSPS) is 11.5. The number of para-hydroxylation sites is 1. The van der Waals surface area contributed by atoms with Crippen molar-refractivity contribution < 1.29 is 9.53 Å². The molecule has 0 aromatic heterocycles. The number of thioether (sulfide) groups is 1. The molecule has 1 atom stereocenters. The molecule has 0 saturated carbocycles. The maximum Gasteiger partial charge on any atom is 0.241 e. The number of carbonyl (C=O) groups excluding carboxylic acids is 1. The van der Waals surface area contributed by atoms with Crippen molar-refractivity contribution in [3.8, 4) is 11.8 Å². The molecule has 0 aliphatic heterocycles. The average Bonchev–Trinajstić information content (AvgIpc) is 2.44. The number of amides is 1. The third-order valence-corrected chi connectivity index (χ3v) is 3.23. The first-order chi connectivity index (χ1) is 9.13. The van der Waals surface area contributed by atoms with E-state index in [2.05, 4.69) is 5.32 Å². The summed E-state index contributed by atoms with van der Waals surface area (Å²) in [6.07, 6.45) is 2.54. The van der Waals surface area contributed by atoms with Gasteiger partial charge in [0.2, 0.25) is 5.91 Å². The molecule has 0 aliphatic carbocycles. The molecular weight excluding hydrogens is 262 g/mol. The van der Waals surface area contributed by atoms with Crippen molar-refractivity contribution in [2.24, 2.45) is 5.73 Å². The number of hydrogen-bond acceptors (Lipinski definition) is 5. The molecule has 6 heteroatoms. The van der Waals surface area contributed by atoms with E-state index < -0.39 is 6.04 Å². The van der Waals surface area contributed by atoms with E-state index in [4.69, 9.17) is 15.7 Å². The van der Waals surface area contributed by atoms with Gasteiger partial charge in [0.25, 0.3) is 0 Å². The zero-order valence-corrected chi connectivity index (χ0v) is 11.8. The summed E-state index contributed by atoms with van der Waals surface area (Å²) in [7, 11) is 1.49. The fourth-order valence-corrected chi connectivity index (χ4v) is 2.00. The first-order valence-corrected chi connectivity index (χ1v) is 7.16. The molecule has 3 N–H and O–H groups in total. The first kappa shape index (κ1) is 15.3. The summed E-state index contributed by atoms with van der Waals surface area (Å²) >= 11 is 1.63. The second-order valence-corrected chi connectivity index (χ2v) is 4.86. The molecule has 0 heterocycles. The zero-order valence-electron chi connectivity index (χ0n) is 11.0. The predicted octanol–water partition coefficient (Wildman–Crippen LogP) is 1.59. The van der Waals surface area contributed by atoms with Crippen LogP contribution in [0.3, 0.4) is 0 Å². The Bertz CT molecular complexity index is 485. The van der Waals surface area contributed by atoms with Crippen LogP contribution in [0.4, 0.5) is 5.69 Å². The van der Waals surface area contributed by atoms with E-state index in [1.54, 1.807) is 30.0 Å². The Hall–Kier alpha value is -1.71. The zero-order chi connectivity index (χ0) is 14.3. The van der Waals surface area contributed by atoms with Gasteiger partial charge in [-0.1, -0.05) is 6.07 Å². The highest BCUT2D eigenvalue weighted by Gasteiger charge is 2.17. The van der Waals surface area contributed by atoms with Crippen molar-refractivity contribution in [1.82, 2.24) is 0 Å². The van der Waals surface area contributed by atoms with Crippen LogP contribution >= 0.6 is 11.8 Å². The molecule has 1 aromatic rings. The number of rotatable bonds is 6. The topological polar surface area (TPSA) is 88.1 Å². The molecule has 1 amide bonds. The van der Waals surface area contributed by atoms with Crippen LogP contribution in [-0.4, -0.2) is 31.1 Å². The highest BCUT2D eigenvalue weighted by Crippen LogP contribution is 2.27. The van der Waals surface area contributed by atoms with Gasteiger partial charge in [-0.05, 0) is 30.6 Å². The number of nitrogens with zero attached hydrogens (tertiary/aromatic N) is 1. The monoisotopic (exact) mass is 279 g/mol. The van der Waals surface area contributed by atoms with Gasteiger partial charge in [-0.3, -0.25) is 4.79 Å². The lowest BCUT2D eigenvalue weighted by atomic mass is 10.1. The van der Waals surface area contributed by atoms with E-state index in [0.29, 0.717) is 23.4 Å². The van der Waals surface area contributed by atoms with E-state index >= 15 is 0 Å². The lowest BCUT2D eigenvalue weighted by Crippen LogP contribution is -2.36. The summed E-state index contributed by atoms with van der Waals surface area (Å²) in [5.41, 5.74) is 6.51. The summed E-state index contributed by atoms with van der Waals surface area (Å²) in [5.74, 6) is 0.950. The van der Waals surface area contributed by atoms with Crippen LogP contribution in [0.15, 0.2) is 18.2 Å². The lowest BCUT2D eigenvalue weighted by molar-refractivity contribution is -0.117. The van der Waals surface area contributed by atoms with E-state index in [-0.39, 0.29) is 5.91 Å². The van der Waals surface area contributed by atoms with Crippen LogP contribution in [0.1, 0.15) is 12.0 Å². The van der Waals surface area contributed by atoms with Crippen molar-refractivity contribution in [1.29, 1.82) is 5.26 Å². The number of carbonyl (C=O) groups is 1. The van der Waals surface area contributed by atoms with Gasteiger partial charge in [-0.2, -0.15) is 17.0 Å². The number of nitrogens with one attached hydrogen (secondary N) is 1. The number of methoxy groups -OCH3 is 1. The van der Waals surface area contributed by atoms with Crippen LogP contribution in [0.25, 0.3) is 0 Å². The molecule has 5 nitrogen and oxygen atoms in total. The van der Waals surface area contributed by atoms with Crippen LogP contribution in [-0.2, 0) is 4.79 Å². The molecule has 1 aromatic carbocycles. The third kappa shape index (κ3) is 4.16. The minimum Gasteiger partial charge on any atom is -0.495 e. The SMILES string of the molecule is COc1cccc(C#N)c1NC(=O)[C@H](N)CCSC. The molecule has 0 unspecified atom stereocenters. The Kier molecular flexibility index (Phi) is 6.19. The van der Waals surface area contributed by atoms with Crippen LogP contribution < -0.4 is 15.8 Å². The van der Waals surface area contributed by atoms with E-state index in [0.717, 1.165) is 5.75 Å². The standard InChI is InChI=1S/C13H17N3O2S/c1-18-11-5-3-4-9(8-14)12(11)16-13(17)10(15)6-7-19-2/h3-5,10H,6-7,15H2,1-2H3,(H,16,17)/t10-/m1/s1. The number of nitriles is 1.